The number of rotatable bonds is 3. The van der Waals surface area contributed by atoms with Crippen LogP contribution in [-0.2, 0) is 0 Å². The fourth-order valence-electron chi connectivity index (χ4n) is 2.32. The van der Waals surface area contributed by atoms with Crippen LogP contribution in [0, 0.1) is 13.8 Å². The van der Waals surface area contributed by atoms with Crippen LogP contribution < -0.4 is 0 Å². The molecule has 0 amide bonds. The van der Waals surface area contributed by atoms with Crippen LogP contribution in [0.1, 0.15) is 28.7 Å². The summed E-state index contributed by atoms with van der Waals surface area (Å²) < 4.78 is 2.68. The monoisotopic (exact) mass is 407 g/mol. The van der Waals surface area contributed by atoms with Crippen LogP contribution in [0.25, 0.3) is 5.69 Å². The van der Waals surface area contributed by atoms with Gasteiger partial charge in [0.1, 0.15) is 0 Å². The molecular weight excluding hydrogens is 396 g/mol. The molecule has 0 aliphatic carbocycles. The Kier molecular flexibility index (Phi) is 5.09. The summed E-state index contributed by atoms with van der Waals surface area (Å²) in [5.74, 6) is -0.111. The van der Waals surface area contributed by atoms with Gasteiger partial charge in [-0.3, -0.25) is 4.79 Å². The second-order valence-electron chi connectivity index (χ2n) is 4.82. The minimum atomic E-state index is -0.574. The molecule has 0 bridgehead atoms. The van der Waals surface area contributed by atoms with Crippen LogP contribution in [0.15, 0.2) is 22.7 Å². The maximum Gasteiger partial charge on any atom is 0.182 e. The third kappa shape index (κ3) is 3.16. The minimum absolute atomic E-state index is 0.111. The lowest BCUT2D eigenvalue weighted by atomic mass is 10.1. The van der Waals surface area contributed by atoms with Crippen LogP contribution >= 0.6 is 50.7 Å². The zero-order valence-corrected chi connectivity index (χ0v) is 15.5. The highest BCUT2D eigenvalue weighted by atomic mass is 79.9. The zero-order chi connectivity index (χ0) is 15.9. The van der Waals surface area contributed by atoms with Gasteiger partial charge in [0.2, 0.25) is 0 Å². The largest absolute Gasteiger partial charge is 0.315 e. The maximum atomic E-state index is 12.2. The Morgan fingerprint density at radius 1 is 1.19 bits per heavy atom. The van der Waals surface area contributed by atoms with Crippen molar-refractivity contribution in [2.24, 2.45) is 0 Å². The van der Waals surface area contributed by atoms with E-state index in [1.807, 2.05) is 24.5 Å². The predicted molar refractivity (Wildman–Crippen MR) is 92.6 cm³/mol. The molecule has 1 aromatic carbocycles. The number of halogens is 4. The van der Waals surface area contributed by atoms with Gasteiger partial charge in [-0.2, -0.15) is 0 Å². The van der Waals surface area contributed by atoms with Crippen molar-refractivity contribution in [1.82, 2.24) is 4.57 Å². The number of Topliss-reactive ketones (excluding diaryl/α,β-unsaturated/α-hetero) is 1. The Bertz CT molecular complexity index is 699. The quantitative estimate of drug-likeness (QED) is 0.452. The number of carbonyl (C=O) groups excluding carboxylic acids is 1. The van der Waals surface area contributed by atoms with Gasteiger partial charge in [-0.1, -0.05) is 39.1 Å². The highest BCUT2D eigenvalue weighted by Gasteiger charge is 2.22. The Morgan fingerprint density at radius 2 is 1.71 bits per heavy atom. The van der Waals surface area contributed by atoms with Crippen LogP contribution in [0.4, 0.5) is 0 Å². The third-order valence-electron chi connectivity index (χ3n) is 3.26. The van der Waals surface area contributed by atoms with Crippen LogP contribution in [0.5, 0.6) is 0 Å². The third-order valence-corrected chi connectivity index (χ3v) is 4.50. The molecule has 21 heavy (non-hydrogen) atoms. The van der Waals surface area contributed by atoms with Gasteiger partial charge < -0.3 is 4.57 Å². The Labute approximate surface area is 147 Å². The van der Waals surface area contributed by atoms with E-state index in [1.165, 1.54) is 0 Å². The first-order valence-electron chi connectivity index (χ1n) is 6.26. The lowest BCUT2D eigenvalue weighted by molar-refractivity contribution is 0.0991. The number of aryl methyl sites for hydroxylation is 1. The first-order valence-corrected chi connectivity index (χ1v) is 8.24. The summed E-state index contributed by atoms with van der Waals surface area (Å²) in [6.45, 7) is 5.42. The summed E-state index contributed by atoms with van der Waals surface area (Å²) in [5.41, 5.74) is 2.90. The molecule has 0 aliphatic heterocycles. The molecule has 0 radical (unpaired) electrons. The number of hydrogen-bond donors (Lipinski definition) is 0. The number of hydrogen-bond acceptors (Lipinski definition) is 1. The lowest BCUT2D eigenvalue weighted by Crippen LogP contribution is -2.12. The van der Waals surface area contributed by atoms with Gasteiger partial charge in [0, 0.05) is 21.4 Å². The van der Waals surface area contributed by atoms with E-state index in [2.05, 4.69) is 15.9 Å². The summed E-state index contributed by atoms with van der Waals surface area (Å²) in [7, 11) is 0. The molecule has 1 aromatic heterocycles. The fourth-order valence-corrected chi connectivity index (χ4v) is 3.81. The van der Waals surface area contributed by atoms with Crippen molar-refractivity contribution in [3.63, 3.8) is 0 Å². The molecule has 1 heterocycles. The normalized spacial score (nSPS) is 12.5. The molecule has 0 fully saturated rings. The number of aromatic nitrogens is 1. The maximum absolute atomic E-state index is 12.2. The standard InChI is InChI=1S/C15H13BrCl3NO/c1-7-4-11(15(21)8(2)17)9(3)20(7)14-12(18)5-10(16)6-13(14)19/h4-6,8H,1-3H3. The average Bonchev–Trinajstić information content (AvgIpc) is 2.64. The highest BCUT2D eigenvalue weighted by Crippen LogP contribution is 2.35. The number of alkyl halides is 1. The van der Waals surface area contributed by atoms with Crippen LogP contribution in [-0.4, -0.2) is 15.7 Å². The van der Waals surface area contributed by atoms with E-state index in [-0.39, 0.29) is 5.78 Å². The minimum Gasteiger partial charge on any atom is -0.315 e. The summed E-state index contributed by atoms with van der Waals surface area (Å²) >= 11 is 21.9. The molecule has 1 unspecified atom stereocenters. The summed E-state index contributed by atoms with van der Waals surface area (Å²) in [6, 6.07) is 5.35. The van der Waals surface area contributed by atoms with E-state index >= 15 is 0 Å². The molecule has 0 saturated carbocycles. The zero-order valence-electron chi connectivity index (χ0n) is 11.7. The molecule has 2 nitrogen and oxygen atoms in total. The first kappa shape index (κ1) is 16.9. The van der Waals surface area contributed by atoms with Gasteiger partial charge in [-0.25, -0.2) is 0 Å². The number of benzene rings is 1. The molecule has 112 valence electrons. The topological polar surface area (TPSA) is 22.0 Å². The molecule has 2 aromatic rings. The van der Waals surface area contributed by atoms with Gasteiger partial charge in [0.15, 0.2) is 5.78 Å². The average molecular weight is 410 g/mol. The molecule has 0 saturated heterocycles. The van der Waals surface area contributed by atoms with Crippen LogP contribution in [0.2, 0.25) is 10.0 Å². The summed E-state index contributed by atoms with van der Waals surface area (Å²) in [4.78, 5) is 12.2. The van der Waals surface area contributed by atoms with Gasteiger partial charge in [0.05, 0.1) is 21.1 Å². The molecule has 0 spiro atoms. The van der Waals surface area contributed by atoms with Gasteiger partial charge >= 0.3 is 0 Å². The van der Waals surface area contributed by atoms with E-state index in [0.717, 1.165) is 15.9 Å². The SMILES string of the molecule is Cc1cc(C(=O)C(C)Cl)c(C)n1-c1c(Cl)cc(Br)cc1Cl. The predicted octanol–water partition coefficient (Wildman–Crippen LogP) is 5.97. The molecule has 6 heteroatoms. The van der Waals surface area contributed by atoms with E-state index < -0.39 is 5.38 Å². The molecule has 2 rings (SSSR count). The molecular formula is C15H13BrCl3NO. The smallest absolute Gasteiger partial charge is 0.182 e. The number of carbonyl (C=O) groups is 1. The van der Waals surface area contributed by atoms with Gasteiger partial charge in [0.25, 0.3) is 0 Å². The van der Waals surface area contributed by atoms with Crippen molar-refractivity contribution in [3.05, 3.63) is 49.7 Å². The van der Waals surface area contributed by atoms with E-state index in [1.54, 1.807) is 19.1 Å². The number of ketones is 1. The van der Waals surface area contributed by atoms with E-state index in [4.69, 9.17) is 34.8 Å². The van der Waals surface area contributed by atoms with Gasteiger partial charge in [-0.15, -0.1) is 11.6 Å². The van der Waals surface area contributed by atoms with Crippen molar-refractivity contribution < 1.29 is 4.79 Å². The lowest BCUT2D eigenvalue weighted by Gasteiger charge is -2.14. The fraction of sp³-hybridized carbons (Fsp3) is 0.267. The Hall–Kier alpha value is -0.480. The van der Waals surface area contributed by atoms with Gasteiger partial charge in [-0.05, 0) is 39.0 Å². The van der Waals surface area contributed by atoms with E-state index in [9.17, 15) is 4.79 Å². The molecule has 0 aliphatic rings. The molecule has 0 N–H and O–H groups in total. The van der Waals surface area contributed by atoms with Crippen molar-refractivity contribution in [2.45, 2.75) is 26.1 Å². The number of nitrogens with zero attached hydrogens (tertiary/aromatic N) is 1. The Balaban J connectivity index is 2.70. The van der Waals surface area contributed by atoms with Crippen LogP contribution in [0.3, 0.4) is 0 Å². The van der Waals surface area contributed by atoms with Crippen molar-refractivity contribution in [3.8, 4) is 5.69 Å². The second-order valence-corrected chi connectivity index (χ2v) is 7.20. The highest BCUT2D eigenvalue weighted by molar-refractivity contribution is 9.10. The van der Waals surface area contributed by atoms with Crippen molar-refractivity contribution in [1.29, 1.82) is 0 Å². The van der Waals surface area contributed by atoms with E-state index in [0.29, 0.717) is 21.3 Å². The molecule has 1 atom stereocenters. The van der Waals surface area contributed by atoms with Crippen molar-refractivity contribution in [2.75, 3.05) is 0 Å². The summed E-state index contributed by atoms with van der Waals surface area (Å²) in [6.07, 6.45) is 0. The summed E-state index contributed by atoms with van der Waals surface area (Å²) in [5, 5.41) is 0.443. The Morgan fingerprint density at radius 3 is 2.19 bits per heavy atom. The second kappa shape index (κ2) is 6.33. The first-order chi connectivity index (χ1) is 9.73. The van der Waals surface area contributed by atoms with Crippen molar-refractivity contribution >= 4 is 56.5 Å².